The van der Waals surface area contributed by atoms with E-state index < -0.39 is 23.4 Å². The Bertz CT molecular complexity index is 1380. The van der Waals surface area contributed by atoms with Gasteiger partial charge in [-0.25, -0.2) is 0 Å². The molecule has 10 heteroatoms. The number of amides is 2. The van der Waals surface area contributed by atoms with Crippen molar-refractivity contribution in [3.8, 4) is 11.5 Å². The molecule has 0 aliphatic carbocycles. The van der Waals surface area contributed by atoms with Gasteiger partial charge >= 0.3 is 5.97 Å². The predicted octanol–water partition coefficient (Wildman–Crippen LogP) is 6.42. The van der Waals surface area contributed by atoms with Crippen molar-refractivity contribution in [1.82, 2.24) is 0 Å². The third-order valence-corrected chi connectivity index (χ3v) is 6.00. The van der Waals surface area contributed by atoms with Crippen LogP contribution in [-0.4, -0.2) is 29.3 Å². The van der Waals surface area contributed by atoms with Crippen LogP contribution in [0.5, 0.6) is 11.5 Å². The smallest absolute Gasteiger partial charge is 0.306 e. The van der Waals surface area contributed by atoms with Crippen LogP contribution in [0.15, 0.2) is 60.7 Å². The highest BCUT2D eigenvalue weighted by molar-refractivity contribution is 5.93. The summed E-state index contributed by atoms with van der Waals surface area (Å²) in [6.45, 7) is 7.28. The number of aryl methyl sites for hydroxylation is 2. The zero-order chi connectivity index (χ0) is 29.2. The number of nitro benzene ring substituents is 1. The van der Waals surface area contributed by atoms with Gasteiger partial charge < -0.3 is 20.1 Å². The van der Waals surface area contributed by atoms with Crippen molar-refractivity contribution in [3.63, 3.8) is 0 Å². The molecule has 0 aromatic heterocycles. The van der Waals surface area contributed by atoms with Gasteiger partial charge in [-0.15, -0.1) is 0 Å². The summed E-state index contributed by atoms with van der Waals surface area (Å²) in [7, 11) is 0. The molecule has 0 radical (unpaired) electrons. The van der Waals surface area contributed by atoms with E-state index in [4.69, 9.17) is 9.47 Å². The molecule has 0 aliphatic heterocycles. The molecule has 2 amide bonds. The maximum Gasteiger partial charge on any atom is 0.306 e. The van der Waals surface area contributed by atoms with E-state index in [9.17, 15) is 24.5 Å². The summed E-state index contributed by atoms with van der Waals surface area (Å²) in [5, 5.41) is 16.3. The monoisotopic (exact) mass is 547 g/mol. The second kappa shape index (κ2) is 13.9. The van der Waals surface area contributed by atoms with Gasteiger partial charge in [0.15, 0.2) is 6.61 Å². The third-order valence-electron chi connectivity index (χ3n) is 6.00. The Morgan fingerprint density at radius 1 is 0.875 bits per heavy atom. The Labute approximate surface area is 232 Å². The number of nitrogens with one attached hydrogen (secondary N) is 2. The molecule has 0 saturated carbocycles. The first-order valence-electron chi connectivity index (χ1n) is 12.9. The summed E-state index contributed by atoms with van der Waals surface area (Å²) < 4.78 is 11.0. The molecule has 0 saturated heterocycles. The SMILES string of the molecule is Cc1ccc(C(C)C)c(Oc2ccc(NC(=O)CCCC(=O)OCC(=O)Nc3ccc(C)c([N+](=O)[O-])c3)cc2)c1. The van der Waals surface area contributed by atoms with Crippen molar-refractivity contribution in [2.45, 2.75) is 52.9 Å². The van der Waals surface area contributed by atoms with Crippen LogP contribution in [0.2, 0.25) is 0 Å². The van der Waals surface area contributed by atoms with E-state index >= 15 is 0 Å². The molecule has 0 fully saturated rings. The molecule has 0 aliphatic rings. The fourth-order valence-corrected chi connectivity index (χ4v) is 3.86. The van der Waals surface area contributed by atoms with Crippen LogP contribution in [0.3, 0.4) is 0 Å². The second-order valence-corrected chi connectivity index (χ2v) is 9.69. The molecule has 0 bridgehead atoms. The number of esters is 1. The molecule has 0 heterocycles. The lowest BCUT2D eigenvalue weighted by molar-refractivity contribution is -0.385. The second-order valence-electron chi connectivity index (χ2n) is 9.69. The highest BCUT2D eigenvalue weighted by Crippen LogP contribution is 2.32. The average molecular weight is 548 g/mol. The number of hydrogen-bond acceptors (Lipinski definition) is 7. The first-order valence-corrected chi connectivity index (χ1v) is 12.9. The molecule has 2 N–H and O–H groups in total. The van der Waals surface area contributed by atoms with E-state index in [1.807, 2.05) is 13.0 Å². The highest BCUT2D eigenvalue weighted by Gasteiger charge is 2.14. The summed E-state index contributed by atoms with van der Waals surface area (Å²) in [6.07, 6.45) is 0.286. The topological polar surface area (TPSA) is 137 Å². The van der Waals surface area contributed by atoms with E-state index in [0.717, 1.165) is 16.9 Å². The van der Waals surface area contributed by atoms with Crippen LogP contribution in [-0.2, 0) is 19.1 Å². The summed E-state index contributed by atoms with van der Waals surface area (Å²) >= 11 is 0. The molecule has 3 aromatic rings. The first-order chi connectivity index (χ1) is 19.0. The molecule has 0 spiro atoms. The predicted molar refractivity (Wildman–Crippen MR) is 152 cm³/mol. The Hall–Kier alpha value is -4.73. The number of nitrogens with zero attached hydrogens (tertiary/aromatic N) is 1. The minimum atomic E-state index is -0.628. The Morgan fingerprint density at radius 3 is 2.23 bits per heavy atom. The number of rotatable bonds is 12. The lowest BCUT2D eigenvalue weighted by Crippen LogP contribution is -2.21. The van der Waals surface area contributed by atoms with Gasteiger partial charge in [0.25, 0.3) is 11.6 Å². The van der Waals surface area contributed by atoms with Gasteiger partial charge in [-0.1, -0.05) is 32.0 Å². The van der Waals surface area contributed by atoms with E-state index in [0.29, 0.717) is 22.9 Å². The van der Waals surface area contributed by atoms with Crippen molar-refractivity contribution < 1.29 is 28.8 Å². The van der Waals surface area contributed by atoms with E-state index in [1.165, 1.54) is 18.2 Å². The minimum Gasteiger partial charge on any atom is -0.457 e. The number of carbonyl (C=O) groups is 3. The summed E-state index contributed by atoms with van der Waals surface area (Å²) in [6, 6.07) is 17.4. The fraction of sp³-hybridized carbons (Fsp3) is 0.300. The van der Waals surface area contributed by atoms with Gasteiger partial charge in [0.2, 0.25) is 5.91 Å². The molecular formula is C30H33N3O7. The lowest BCUT2D eigenvalue weighted by atomic mass is 10.0. The van der Waals surface area contributed by atoms with Crippen LogP contribution in [0.4, 0.5) is 17.1 Å². The number of ether oxygens (including phenoxy) is 2. The quantitative estimate of drug-likeness (QED) is 0.152. The van der Waals surface area contributed by atoms with Crippen LogP contribution in [0.25, 0.3) is 0 Å². The van der Waals surface area contributed by atoms with Gasteiger partial charge in [0, 0.05) is 35.8 Å². The van der Waals surface area contributed by atoms with E-state index in [1.54, 1.807) is 31.2 Å². The summed E-state index contributed by atoms with van der Waals surface area (Å²) in [5.41, 5.74) is 3.37. The van der Waals surface area contributed by atoms with Crippen molar-refractivity contribution in [2.75, 3.05) is 17.2 Å². The van der Waals surface area contributed by atoms with Crippen molar-refractivity contribution in [2.24, 2.45) is 0 Å². The van der Waals surface area contributed by atoms with Crippen LogP contribution >= 0.6 is 0 Å². The average Bonchev–Trinajstić information content (AvgIpc) is 2.89. The Kier molecular flexibility index (Phi) is 10.4. The van der Waals surface area contributed by atoms with Gasteiger partial charge in [-0.2, -0.15) is 0 Å². The number of hydrogen-bond donors (Lipinski definition) is 2. The third kappa shape index (κ3) is 8.93. The number of benzene rings is 3. The maximum absolute atomic E-state index is 12.3. The first kappa shape index (κ1) is 29.8. The molecule has 10 nitrogen and oxygen atoms in total. The number of nitro groups is 1. The van der Waals surface area contributed by atoms with Gasteiger partial charge in [0.1, 0.15) is 11.5 Å². The summed E-state index contributed by atoms with van der Waals surface area (Å²) in [5.74, 6) is 0.248. The zero-order valence-corrected chi connectivity index (χ0v) is 23.0. The zero-order valence-electron chi connectivity index (χ0n) is 23.0. The minimum absolute atomic E-state index is 0.0435. The maximum atomic E-state index is 12.3. The molecule has 0 atom stereocenters. The van der Waals surface area contributed by atoms with Crippen LogP contribution in [0.1, 0.15) is 55.7 Å². The normalized spacial score (nSPS) is 10.6. The number of carbonyl (C=O) groups excluding carboxylic acids is 3. The Balaban J connectivity index is 1.38. The highest BCUT2D eigenvalue weighted by atomic mass is 16.6. The van der Waals surface area contributed by atoms with Gasteiger partial charge in [-0.3, -0.25) is 24.5 Å². The van der Waals surface area contributed by atoms with E-state index in [-0.39, 0.29) is 36.5 Å². The van der Waals surface area contributed by atoms with Crippen molar-refractivity contribution >= 4 is 34.8 Å². The molecular weight excluding hydrogens is 514 g/mol. The molecule has 0 unspecified atom stereocenters. The Morgan fingerprint density at radius 2 is 1.55 bits per heavy atom. The van der Waals surface area contributed by atoms with E-state index in [2.05, 4.69) is 36.6 Å². The summed E-state index contributed by atoms with van der Waals surface area (Å²) in [4.78, 5) is 46.8. The van der Waals surface area contributed by atoms with Crippen molar-refractivity contribution in [3.05, 3.63) is 87.5 Å². The van der Waals surface area contributed by atoms with Crippen LogP contribution in [0, 0.1) is 24.0 Å². The number of anilines is 2. The fourth-order valence-electron chi connectivity index (χ4n) is 3.86. The molecule has 210 valence electrons. The standard InChI is InChI=1S/C30H33N3O7/c1-19(2)25-15-8-20(3)16-27(25)40-24-13-11-22(12-14-24)31-28(34)6-5-7-30(36)39-18-29(35)32-23-10-9-21(4)26(17-23)33(37)38/h8-17,19H,5-7,18H2,1-4H3,(H,31,34)(H,32,35). The lowest BCUT2D eigenvalue weighted by Gasteiger charge is -2.15. The van der Waals surface area contributed by atoms with Crippen LogP contribution < -0.4 is 15.4 Å². The molecule has 40 heavy (non-hydrogen) atoms. The van der Waals surface area contributed by atoms with Gasteiger partial charge in [-0.05, 0) is 73.7 Å². The molecule has 3 rings (SSSR count). The molecule has 3 aromatic carbocycles. The van der Waals surface area contributed by atoms with Crippen molar-refractivity contribution in [1.29, 1.82) is 0 Å². The van der Waals surface area contributed by atoms with Gasteiger partial charge in [0.05, 0.1) is 4.92 Å². The largest absolute Gasteiger partial charge is 0.457 e.